The Kier molecular flexibility index (Phi) is 3.99. The number of nitrogens with zero attached hydrogens (tertiary/aromatic N) is 2. The lowest BCUT2D eigenvalue weighted by molar-refractivity contribution is 0.0600. The van der Waals surface area contributed by atoms with Gasteiger partial charge in [0.2, 0.25) is 0 Å². The van der Waals surface area contributed by atoms with Gasteiger partial charge in [0.05, 0.1) is 19.0 Å². The number of esters is 1. The predicted octanol–water partition coefficient (Wildman–Crippen LogP) is 2.47. The molecule has 0 spiro atoms. The lowest BCUT2D eigenvalue weighted by Gasteiger charge is -2.42. The first kappa shape index (κ1) is 14.2. The number of hydrogen-bond donors (Lipinski definition) is 1. The van der Waals surface area contributed by atoms with Crippen LogP contribution < -0.4 is 10.6 Å². The van der Waals surface area contributed by atoms with E-state index in [1.165, 1.54) is 39.2 Å². The molecule has 2 atom stereocenters. The molecule has 1 saturated heterocycles. The molecule has 2 fully saturated rings. The highest BCUT2D eigenvalue weighted by Gasteiger charge is 2.33. The smallest absolute Gasteiger partial charge is 0.341 e. The van der Waals surface area contributed by atoms with Gasteiger partial charge in [-0.25, -0.2) is 9.78 Å². The molecular weight excluding hydrogens is 266 g/mol. The summed E-state index contributed by atoms with van der Waals surface area (Å²) in [5, 5.41) is 0. The second kappa shape index (κ2) is 5.92. The van der Waals surface area contributed by atoms with E-state index in [9.17, 15) is 4.79 Å². The average Bonchev–Trinajstić information content (AvgIpc) is 2.53. The van der Waals surface area contributed by atoms with Crippen molar-refractivity contribution in [2.24, 2.45) is 11.8 Å². The fourth-order valence-electron chi connectivity index (χ4n) is 3.78. The minimum Gasteiger partial charge on any atom is -0.465 e. The van der Waals surface area contributed by atoms with Gasteiger partial charge in [-0.1, -0.05) is 19.3 Å². The van der Waals surface area contributed by atoms with E-state index in [1.54, 1.807) is 12.3 Å². The summed E-state index contributed by atoms with van der Waals surface area (Å²) in [4.78, 5) is 18.6. The van der Waals surface area contributed by atoms with Crippen LogP contribution in [0.3, 0.4) is 0 Å². The standard InChI is InChI=1S/C16H23N3O2/c1-21-16(20)14-8-13(17)9-18-15(14)19-7-6-11-4-2-3-5-12(11)10-19/h8-9,11-12H,2-7,10,17H2,1H3. The quantitative estimate of drug-likeness (QED) is 0.847. The van der Waals surface area contributed by atoms with Crippen molar-refractivity contribution in [3.63, 3.8) is 0 Å². The number of carbonyl (C=O) groups is 1. The van der Waals surface area contributed by atoms with E-state index in [4.69, 9.17) is 10.5 Å². The Labute approximate surface area is 125 Å². The lowest BCUT2D eigenvalue weighted by atomic mass is 9.75. The molecule has 1 aliphatic carbocycles. The summed E-state index contributed by atoms with van der Waals surface area (Å²) in [7, 11) is 1.39. The van der Waals surface area contributed by atoms with Crippen LogP contribution in [0.15, 0.2) is 12.3 Å². The van der Waals surface area contributed by atoms with Crippen molar-refractivity contribution in [3.05, 3.63) is 17.8 Å². The third kappa shape index (κ3) is 2.82. The Morgan fingerprint density at radius 1 is 1.33 bits per heavy atom. The van der Waals surface area contributed by atoms with Gasteiger partial charge in [0.15, 0.2) is 0 Å². The summed E-state index contributed by atoms with van der Waals surface area (Å²) in [6.45, 7) is 1.95. The Morgan fingerprint density at radius 3 is 2.86 bits per heavy atom. The Morgan fingerprint density at radius 2 is 2.10 bits per heavy atom. The number of nitrogen functional groups attached to an aromatic ring is 1. The van der Waals surface area contributed by atoms with Crippen LogP contribution in [0.2, 0.25) is 0 Å². The van der Waals surface area contributed by atoms with Gasteiger partial charge in [0.25, 0.3) is 0 Å². The molecular formula is C16H23N3O2. The van der Waals surface area contributed by atoms with E-state index in [2.05, 4.69) is 9.88 Å². The summed E-state index contributed by atoms with van der Waals surface area (Å²) in [5.41, 5.74) is 6.74. The number of anilines is 2. The van der Waals surface area contributed by atoms with Crippen LogP contribution >= 0.6 is 0 Å². The van der Waals surface area contributed by atoms with Crippen LogP contribution in [-0.4, -0.2) is 31.2 Å². The average molecular weight is 289 g/mol. The second-order valence-electron chi connectivity index (χ2n) is 6.17. The van der Waals surface area contributed by atoms with Gasteiger partial charge in [0.1, 0.15) is 11.4 Å². The third-order valence-corrected chi connectivity index (χ3v) is 4.88. The number of hydrogen-bond acceptors (Lipinski definition) is 5. The van der Waals surface area contributed by atoms with Crippen LogP contribution in [0.5, 0.6) is 0 Å². The molecule has 21 heavy (non-hydrogen) atoms. The number of aromatic nitrogens is 1. The first-order valence-corrected chi connectivity index (χ1v) is 7.78. The first-order valence-electron chi connectivity index (χ1n) is 7.78. The fourth-order valence-corrected chi connectivity index (χ4v) is 3.78. The lowest BCUT2D eigenvalue weighted by Crippen LogP contribution is -2.42. The predicted molar refractivity (Wildman–Crippen MR) is 82.3 cm³/mol. The summed E-state index contributed by atoms with van der Waals surface area (Å²) in [5.74, 6) is 1.94. The van der Waals surface area contributed by atoms with E-state index < -0.39 is 0 Å². The molecule has 0 radical (unpaired) electrons. The Balaban J connectivity index is 1.85. The molecule has 2 heterocycles. The van der Waals surface area contributed by atoms with Gasteiger partial charge in [-0.05, 0) is 30.7 Å². The molecule has 1 aromatic heterocycles. The maximum atomic E-state index is 12.0. The minimum atomic E-state index is -0.365. The third-order valence-electron chi connectivity index (χ3n) is 4.88. The number of rotatable bonds is 2. The summed E-state index contributed by atoms with van der Waals surface area (Å²) in [6, 6.07) is 1.67. The molecule has 2 N–H and O–H groups in total. The highest BCUT2D eigenvalue weighted by Crippen LogP contribution is 2.37. The zero-order valence-electron chi connectivity index (χ0n) is 12.5. The normalized spacial score (nSPS) is 25.3. The number of ether oxygens (including phenoxy) is 1. The number of pyridine rings is 1. The monoisotopic (exact) mass is 289 g/mol. The first-order chi connectivity index (χ1) is 10.2. The van der Waals surface area contributed by atoms with Gasteiger partial charge in [-0.2, -0.15) is 0 Å². The van der Waals surface area contributed by atoms with Crippen molar-refractivity contribution in [2.45, 2.75) is 32.1 Å². The van der Waals surface area contributed by atoms with Crippen molar-refractivity contribution >= 4 is 17.5 Å². The molecule has 1 aliphatic heterocycles. The maximum Gasteiger partial charge on any atom is 0.341 e. The van der Waals surface area contributed by atoms with Crippen LogP contribution in [0.4, 0.5) is 11.5 Å². The number of piperidine rings is 1. The summed E-state index contributed by atoms with van der Waals surface area (Å²) < 4.78 is 4.87. The van der Waals surface area contributed by atoms with E-state index in [0.29, 0.717) is 11.3 Å². The van der Waals surface area contributed by atoms with Crippen molar-refractivity contribution in [1.82, 2.24) is 4.98 Å². The SMILES string of the molecule is COC(=O)c1cc(N)cnc1N1CCC2CCCCC2C1. The molecule has 3 rings (SSSR count). The van der Waals surface area contributed by atoms with Gasteiger partial charge in [0, 0.05) is 13.1 Å². The zero-order chi connectivity index (χ0) is 14.8. The van der Waals surface area contributed by atoms with Crippen molar-refractivity contribution in [1.29, 1.82) is 0 Å². The second-order valence-corrected chi connectivity index (χ2v) is 6.17. The summed E-state index contributed by atoms with van der Waals surface area (Å²) >= 11 is 0. The topological polar surface area (TPSA) is 68.5 Å². The van der Waals surface area contributed by atoms with Crippen molar-refractivity contribution < 1.29 is 9.53 Å². The van der Waals surface area contributed by atoms with Gasteiger partial charge >= 0.3 is 5.97 Å². The molecule has 0 amide bonds. The largest absolute Gasteiger partial charge is 0.465 e. The molecule has 5 nitrogen and oxygen atoms in total. The number of methoxy groups -OCH3 is 1. The zero-order valence-corrected chi connectivity index (χ0v) is 12.5. The molecule has 2 aliphatic rings. The van der Waals surface area contributed by atoms with E-state index in [1.807, 2.05) is 0 Å². The van der Waals surface area contributed by atoms with Crippen LogP contribution in [0.1, 0.15) is 42.5 Å². The van der Waals surface area contributed by atoms with E-state index in [-0.39, 0.29) is 5.97 Å². The Bertz CT molecular complexity index is 532. The van der Waals surface area contributed by atoms with Gasteiger partial charge < -0.3 is 15.4 Å². The molecule has 0 bridgehead atoms. The Hall–Kier alpha value is -1.78. The van der Waals surface area contributed by atoms with Crippen LogP contribution in [-0.2, 0) is 4.74 Å². The highest BCUT2D eigenvalue weighted by molar-refractivity contribution is 5.95. The van der Waals surface area contributed by atoms with Gasteiger partial charge in [-0.15, -0.1) is 0 Å². The molecule has 1 aromatic rings. The minimum absolute atomic E-state index is 0.365. The number of carbonyl (C=O) groups excluding carboxylic acids is 1. The number of fused-ring (bicyclic) bond motifs is 1. The van der Waals surface area contributed by atoms with Crippen molar-refractivity contribution in [2.75, 3.05) is 30.8 Å². The fraction of sp³-hybridized carbons (Fsp3) is 0.625. The molecule has 0 aromatic carbocycles. The van der Waals surface area contributed by atoms with Gasteiger partial charge in [-0.3, -0.25) is 0 Å². The maximum absolute atomic E-state index is 12.0. The van der Waals surface area contributed by atoms with E-state index >= 15 is 0 Å². The molecule has 5 heteroatoms. The number of nitrogens with two attached hydrogens (primary N) is 1. The molecule has 114 valence electrons. The summed E-state index contributed by atoms with van der Waals surface area (Å²) in [6.07, 6.45) is 8.16. The molecule has 2 unspecified atom stereocenters. The highest BCUT2D eigenvalue weighted by atomic mass is 16.5. The van der Waals surface area contributed by atoms with Crippen LogP contribution in [0, 0.1) is 11.8 Å². The molecule has 1 saturated carbocycles. The van der Waals surface area contributed by atoms with Crippen molar-refractivity contribution in [3.8, 4) is 0 Å². The van der Waals surface area contributed by atoms with E-state index in [0.717, 1.165) is 30.7 Å². The van der Waals surface area contributed by atoms with Crippen LogP contribution in [0.25, 0.3) is 0 Å².